The maximum absolute atomic E-state index is 13.6. The number of fused-ring (bicyclic) bond motifs is 2. The molecule has 2 aliphatic heterocycles. The minimum atomic E-state index is -4.53. The fraction of sp³-hybridized carbons (Fsp3) is 0.792. The molecule has 4 bridgehead atoms. The fourth-order valence-corrected chi connectivity index (χ4v) is 7.13. The van der Waals surface area contributed by atoms with E-state index in [1.54, 1.807) is 0 Å². The molecule has 2 atom stereocenters. The van der Waals surface area contributed by atoms with E-state index in [2.05, 4.69) is 37.4 Å². The van der Waals surface area contributed by atoms with Crippen LogP contribution in [-0.2, 0) is 11.0 Å². The van der Waals surface area contributed by atoms with Crippen molar-refractivity contribution in [2.75, 3.05) is 56.9 Å². The van der Waals surface area contributed by atoms with Crippen molar-refractivity contribution < 1.29 is 18.0 Å². The molecule has 192 valence electrons. The number of piperazine rings is 1. The first-order chi connectivity index (χ1) is 16.7. The molecule has 2 N–H and O–H groups in total. The lowest BCUT2D eigenvalue weighted by molar-refractivity contribution is -0.160. The highest BCUT2D eigenvalue weighted by molar-refractivity contribution is 5.82. The standard InChI is InChI=1S/C24H34F3N7O/c1-32-7-9-33(10-8-32)23-13-22(14-23,15-23)31-21-29-12-18(24(25,26)27)19(30-21)28-5-2-6-34-17-4-3-16(11-17)20(34)35/h12,16-17H,2-11,13-15H2,1H3,(H2,28,29,30,31). The third-order valence-corrected chi connectivity index (χ3v) is 8.99. The van der Waals surface area contributed by atoms with Gasteiger partial charge in [0.05, 0.1) is 0 Å². The largest absolute Gasteiger partial charge is 0.421 e. The summed E-state index contributed by atoms with van der Waals surface area (Å²) in [7, 11) is 2.14. The van der Waals surface area contributed by atoms with E-state index in [1.807, 2.05) is 4.90 Å². The lowest BCUT2D eigenvalue weighted by Crippen LogP contribution is -2.82. The van der Waals surface area contributed by atoms with E-state index in [4.69, 9.17) is 0 Å². The lowest BCUT2D eigenvalue weighted by atomic mass is 9.43. The second-order valence-electron chi connectivity index (χ2n) is 11.4. The molecule has 6 aliphatic rings. The first-order valence-corrected chi connectivity index (χ1v) is 12.9. The molecular weight excluding hydrogens is 459 g/mol. The number of likely N-dealkylation sites (N-methyl/N-ethyl adjacent to an activating group) is 1. The molecule has 1 aromatic rings. The number of nitrogens with zero attached hydrogens (tertiary/aromatic N) is 5. The Hall–Kier alpha value is -2.14. The van der Waals surface area contributed by atoms with Gasteiger partial charge in [-0.25, -0.2) is 4.98 Å². The molecule has 0 spiro atoms. The van der Waals surface area contributed by atoms with Gasteiger partial charge in [-0.2, -0.15) is 18.2 Å². The van der Waals surface area contributed by atoms with Gasteiger partial charge in [-0.1, -0.05) is 0 Å². The van der Waals surface area contributed by atoms with Crippen molar-refractivity contribution in [2.24, 2.45) is 5.92 Å². The van der Waals surface area contributed by atoms with Gasteiger partial charge >= 0.3 is 6.18 Å². The van der Waals surface area contributed by atoms with Crippen LogP contribution in [0.3, 0.4) is 0 Å². The highest BCUT2D eigenvalue weighted by atomic mass is 19.4. The molecule has 4 aliphatic carbocycles. The Morgan fingerprint density at radius 1 is 1.14 bits per heavy atom. The van der Waals surface area contributed by atoms with Gasteiger partial charge in [-0.05, 0) is 52.0 Å². The Kier molecular flexibility index (Phi) is 5.45. The molecule has 3 heterocycles. The minimum Gasteiger partial charge on any atom is -0.369 e. The van der Waals surface area contributed by atoms with Crippen LogP contribution in [0.5, 0.6) is 0 Å². The number of likely N-dealkylation sites (tertiary alicyclic amines) is 1. The quantitative estimate of drug-likeness (QED) is 0.540. The molecule has 11 heteroatoms. The topological polar surface area (TPSA) is 76.6 Å². The van der Waals surface area contributed by atoms with Gasteiger partial charge in [-0.3, -0.25) is 9.69 Å². The molecule has 1 aromatic heterocycles. The molecule has 8 nitrogen and oxygen atoms in total. The summed E-state index contributed by atoms with van der Waals surface area (Å²) in [6.07, 6.45) is 2.84. The van der Waals surface area contributed by atoms with E-state index in [9.17, 15) is 18.0 Å². The number of rotatable bonds is 8. The average molecular weight is 494 g/mol. The molecule has 2 saturated heterocycles. The van der Waals surface area contributed by atoms with Crippen molar-refractivity contribution in [1.82, 2.24) is 24.7 Å². The smallest absolute Gasteiger partial charge is 0.369 e. The average Bonchev–Trinajstić information content (AvgIpc) is 3.35. The summed E-state index contributed by atoms with van der Waals surface area (Å²) in [5.41, 5.74) is -0.713. The van der Waals surface area contributed by atoms with E-state index in [0.717, 1.165) is 70.9 Å². The normalized spacial score (nSPS) is 34.6. The second kappa shape index (κ2) is 8.19. The van der Waals surface area contributed by atoms with Gasteiger partial charge in [0.25, 0.3) is 0 Å². The molecule has 0 radical (unpaired) electrons. The zero-order chi connectivity index (χ0) is 24.4. The number of hydrogen-bond donors (Lipinski definition) is 2. The van der Waals surface area contributed by atoms with E-state index in [0.29, 0.717) is 25.6 Å². The molecular formula is C24H34F3N7O. The van der Waals surface area contributed by atoms with Crippen LogP contribution in [0, 0.1) is 5.92 Å². The Morgan fingerprint density at radius 2 is 1.89 bits per heavy atom. The van der Waals surface area contributed by atoms with Gasteiger partial charge in [-0.15, -0.1) is 0 Å². The Labute approximate surface area is 203 Å². The monoisotopic (exact) mass is 493 g/mol. The van der Waals surface area contributed by atoms with E-state index >= 15 is 0 Å². The third kappa shape index (κ3) is 4.04. The van der Waals surface area contributed by atoms with Crippen molar-refractivity contribution in [2.45, 2.75) is 68.2 Å². The summed E-state index contributed by atoms with van der Waals surface area (Å²) in [4.78, 5) is 27.4. The Morgan fingerprint density at radius 3 is 2.54 bits per heavy atom. The van der Waals surface area contributed by atoms with Gasteiger partial charge in [0.15, 0.2) is 0 Å². The predicted molar refractivity (Wildman–Crippen MR) is 125 cm³/mol. The van der Waals surface area contributed by atoms with Gasteiger partial charge in [0.1, 0.15) is 11.4 Å². The number of hydrogen-bond acceptors (Lipinski definition) is 7. The Balaban J connectivity index is 1.06. The van der Waals surface area contributed by atoms with Crippen LogP contribution < -0.4 is 10.6 Å². The summed E-state index contributed by atoms with van der Waals surface area (Å²) < 4.78 is 40.8. The van der Waals surface area contributed by atoms with Crippen LogP contribution in [0.15, 0.2) is 6.20 Å². The number of halogens is 3. The minimum absolute atomic E-state index is 0.101. The van der Waals surface area contributed by atoms with Crippen LogP contribution in [0.2, 0.25) is 0 Å². The Bertz CT molecular complexity index is 974. The number of alkyl halides is 3. The van der Waals surface area contributed by atoms with E-state index < -0.39 is 11.7 Å². The predicted octanol–water partition coefficient (Wildman–Crippen LogP) is 2.64. The summed E-state index contributed by atoms with van der Waals surface area (Å²) in [6.45, 7) is 5.18. The summed E-state index contributed by atoms with van der Waals surface area (Å²) in [5, 5.41) is 6.23. The summed E-state index contributed by atoms with van der Waals surface area (Å²) in [6, 6.07) is 0.315. The number of nitrogens with one attached hydrogen (secondary N) is 2. The van der Waals surface area contributed by atoms with Crippen molar-refractivity contribution in [3.8, 4) is 0 Å². The van der Waals surface area contributed by atoms with Crippen LogP contribution in [-0.4, -0.2) is 94.0 Å². The van der Waals surface area contributed by atoms with Crippen LogP contribution in [0.1, 0.15) is 50.5 Å². The number of anilines is 2. The summed E-state index contributed by atoms with van der Waals surface area (Å²) in [5.74, 6) is 0.426. The maximum atomic E-state index is 13.6. The molecule has 4 saturated carbocycles. The summed E-state index contributed by atoms with van der Waals surface area (Å²) >= 11 is 0. The highest BCUT2D eigenvalue weighted by Crippen LogP contribution is 2.64. The number of piperidine rings is 1. The third-order valence-electron chi connectivity index (χ3n) is 8.99. The molecule has 7 rings (SSSR count). The zero-order valence-corrected chi connectivity index (χ0v) is 20.2. The molecule has 1 amide bonds. The van der Waals surface area contributed by atoms with E-state index in [1.165, 1.54) is 0 Å². The number of amides is 1. The second-order valence-corrected chi connectivity index (χ2v) is 11.4. The van der Waals surface area contributed by atoms with Gasteiger partial charge in [0.2, 0.25) is 11.9 Å². The number of carbonyl (C=O) groups excluding carboxylic acids is 1. The SMILES string of the molecule is CN1CCN(C23CC(Nc4ncc(C(F)(F)F)c(NCCCN5C(=O)C6CCC5C6)n4)(C2)C3)CC1. The van der Waals surface area contributed by atoms with Crippen molar-refractivity contribution >= 4 is 17.7 Å². The van der Waals surface area contributed by atoms with E-state index in [-0.39, 0.29) is 34.7 Å². The number of aromatic nitrogens is 2. The van der Waals surface area contributed by atoms with Gasteiger partial charge < -0.3 is 20.4 Å². The molecule has 0 aromatic carbocycles. The fourth-order valence-electron chi connectivity index (χ4n) is 7.13. The highest BCUT2D eigenvalue weighted by Gasteiger charge is 2.70. The first-order valence-electron chi connectivity index (χ1n) is 12.9. The maximum Gasteiger partial charge on any atom is 0.421 e. The lowest BCUT2D eigenvalue weighted by Gasteiger charge is -2.74. The van der Waals surface area contributed by atoms with Crippen molar-refractivity contribution in [3.63, 3.8) is 0 Å². The van der Waals surface area contributed by atoms with Crippen LogP contribution in [0.4, 0.5) is 24.9 Å². The zero-order valence-electron chi connectivity index (χ0n) is 20.2. The van der Waals surface area contributed by atoms with Crippen molar-refractivity contribution in [3.05, 3.63) is 11.8 Å². The van der Waals surface area contributed by atoms with Crippen LogP contribution >= 0.6 is 0 Å². The molecule has 2 unspecified atom stereocenters. The van der Waals surface area contributed by atoms with Crippen LogP contribution in [0.25, 0.3) is 0 Å². The number of carbonyl (C=O) groups is 1. The van der Waals surface area contributed by atoms with Crippen molar-refractivity contribution in [1.29, 1.82) is 0 Å². The first kappa shape index (κ1) is 23.3. The molecule has 6 fully saturated rings. The molecule has 35 heavy (non-hydrogen) atoms. The van der Waals surface area contributed by atoms with Gasteiger partial charge in [0, 0.05) is 68.5 Å².